The van der Waals surface area contributed by atoms with E-state index < -0.39 is 35.1 Å². The van der Waals surface area contributed by atoms with Gasteiger partial charge in [0.05, 0.1) is 17.2 Å². The molecule has 118 valence electrons. The van der Waals surface area contributed by atoms with Gasteiger partial charge in [-0.15, -0.1) is 12.4 Å². The second-order valence-corrected chi connectivity index (χ2v) is 4.88. The summed E-state index contributed by atoms with van der Waals surface area (Å²) in [5, 5.41) is 2.20. The van der Waals surface area contributed by atoms with E-state index in [1.54, 1.807) is 0 Å². The monoisotopic (exact) mass is 326 g/mol. The molecule has 0 heterocycles. The SMILES string of the molecule is Cl.NC1CCCC1C(=O)Nc1cc(C(F)(F)F)ccc1F. The number of nitrogens with two attached hydrogens (primary N) is 1. The summed E-state index contributed by atoms with van der Waals surface area (Å²) < 4.78 is 51.1. The molecule has 0 saturated heterocycles. The van der Waals surface area contributed by atoms with Crippen LogP contribution < -0.4 is 11.1 Å². The minimum absolute atomic E-state index is 0. The first-order valence-electron chi connectivity index (χ1n) is 6.22. The number of carbonyl (C=O) groups excluding carboxylic acids is 1. The number of halogens is 5. The zero-order chi connectivity index (χ0) is 14.9. The third-order valence-corrected chi connectivity index (χ3v) is 3.46. The van der Waals surface area contributed by atoms with E-state index in [0.717, 1.165) is 6.42 Å². The molecule has 1 aromatic carbocycles. The molecule has 1 amide bonds. The Morgan fingerprint density at radius 3 is 2.48 bits per heavy atom. The van der Waals surface area contributed by atoms with Crippen molar-refractivity contribution in [2.24, 2.45) is 11.7 Å². The van der Waals surface area contributed by atoms with E-state index in [1.165, 1.54) is 0 Å². The van der Waals surface area contributed by atoms with Crippen molar-refractivity contribution in [2.75, 3.05) is 5.32 Å². The summed E-state index contributed by atoms with van der Waals surface area (Å²) in [5.74, 6) is -1.92. The number of hydrogen-bond acceptors (Lipinski definition) is 2. The maximum absolute atomic E-state index is 13.5. The average molecular weight is 327 g/mol. The molecule has 1 aromatic rings. The molecule has 1 saturated carbocycles. The van der Waals surface area contributed by atoms with Gasteiger partial charge in [-0.1, -0.05) is 6.42 Å². The summed E-state index contributed by atoms with van der Waals surface area (Å²) in [6.07, 6.45) is -2.56. The van der Waals surface area contributed by atoms with Crippen LogP contribution in [-0.4, -0.2) is 11.9 Å². The van der Waals surface area contributed by atoms with Gasteiger partial charge in [0.1, 0.15) is 5.82 Å². The summed E-state index contributed by atoms with van der Waals surface area (Å²) in [6.45, 7) is 0. The normalized spacial score (nSPS) is 21.8. The van der Waals surface area contributed by atoms with Crippen molar-refractivity contribution < 1.29 is 22.4 Å². The van der Waals surface area contributed by atoms with E-state index in [9.17, 15) is 22.4 Å². The molecule has 8 heteroatoms. The minimum atomic E-state index is -4.59. The lowest BCUT2D eigenvalue weighted by Gasteiger charge is -2.16. The smallest absolute Gasteiger partial charge is 0.327 e. The van der Waals surface area contributed by atoms with Gasteiger partial charge in [0.2, 0.25) is 5.91 Å². The zero-order valence-electron chi connectivity index (χ0n) is 10.9. The fourth-order valence-corrected chi connectivity index (χ4v) is 2.34. The summed E-state index contributed by atoms with van der Waals surface area (Å²) in [7, 11) is 0. The number of amides is 1. The average Bonchev–Trinajstić information content (AvgIpc) is 2.77. The fraction of sp³-hybridized carbons (Fsp3) is 0.462. The standard InChI is InChI=1S/C13H14F4N2O.ClH/c14-9-5-4-7(13(15,16)17)6-11(9)19-12(20)8-2-1-3-10(8)18;/h4-6,8,10H,1-3,18H2,(H,19,20);1H. The quantitative estimate of drug-likeness (QED) is 0.819. The van der Waals surface area contributed by atoms with Crippen LogP contribution in [0.3, 0.4) is 0 Å². The molecule has 3 nitrogen and oxygen atoms in total. The second-order valence-electron chi connectivity index (χ2n) is 4.88. The molecule has 2 unspecified atom stereocenters. The van der Waals surface area contributed by atoms with Gasteiger partial charge in [0, 0.05) is 6.04 Å². The molecular weight excluding hydrogens is 312 g/mol. The van der Waals surface area contributed by atoms with Gasteiger partial charge in [-0.3, -0.25) is 4.79 Å². The molecule has 2 rings (SSSR count). The number of anilines is 1. The number of benzene rings is 1. The highest BCUT2D eigenvalue weighted by Gasteiger charge is 2.33. The van der Waals surface area contributed by atoms with Gasteiger partial charge in [-0.05, 0) is 31.0 Å². The molecule has 3 N–H and O–H groups in total. The Morgan fingerprint density at radius 2 is 1.95 bits per heavy atom. The van der Waals surface area contributed by atoms with Crippen LogP contribution in [0.2, 0.25) is 0 Å². The van der Waals surface area contributed by atoms with E-state index in [2.05, 4.69) is 5.32 Å². The molecule has 2 atom stereocenters. The Morgan fingerprint density at radius 1 is 1.29 bits per heavy atom. The molecule has 1 aliphatic rings. The topological polar surface area (TPSA) is 55.1 Å². The van der Waals surface area contributed by atoms with Gasteiger partial charge in [0.15, 0.2) is 0 Å². The first kappa shape index (κ1) is 17.7. The lowest BCUT2D eigenvalue weighted by molar-refractivity contribution is -0.137. The molecule has 21 heavy (non-hydrogen) atoms. The number of rotatable bonds is 2. The van der Waals surface area contributed by atoms with Crippen molar-refractivity contribution >= 4 is 24.0 Å². The van der Waals surface area contributed by atoms with E-state index in [0.29, 0.717) is 31.0 Å². The minimum Gasteiger partial charge on any atom is -0.327 e. The predicted molar refractivity (Wildman–Crippen MR) is 72.6 cm³/mol. The predicted octanol–water partition coefficient (Wildman–Crippen LogP) is 3.33. The summed E-state index contributed by atoms with van der Waals surface area (Å²) in [5.41, 5.74) is 4.26. The Labute approximate surface area is 125 Å². The van der Waals surface area contributed by atoms with Gasteiger partial charge in [0.25, 0.3) is 0 Å². The number of alkyl halides is 3. The Kier molecular flexibility index (Phi) is 5.58. The first-order chi connectivity index (χ1) is 9.29. The van der Waals surface area contributed by atoms with Crippen LogP contribution in [0.25, 0.3) is 0 Å². The van der Waals surface area contributed by atoms with Gasteiger partial charge in [-0.2, -0.15) is 13.2 Å². The summed E-state index contributed by atoms with van der Waals surface area (Å²) >= 11 is 0. The van der Waals surface area contributed by atoms with Crippen molar-refractivity contribution in [2.45, 2.75) is 31.5 Å². The lowest BCUT2D eigenvalue weighted by Crippen LogP contribution is -2.34. The van der Waals surface area contributed by atoms with Crippen LogP contribution in [0.1, 0.15) is 24.8 Å². The summed E-state index contributed by atoms with van der Waals surface area (Å²) in [6, 6.07) is 1.58. The number of carbonyl (C=O) groups is 1. The molecular formula is C13H15ClF4N2O. The zero-order valence-corrected chi connectivity index (χ0v) is 11.7. The number of nitrogens with one attached hydrogen (secondary N) is 1. The third-order valence-electron chi connectivity index (χ3n) is 3.46. The fourth-order valence-electron chi connectivity index (χ4n) is 2.34. The van der Waals surface area contributed by atoms with Gasteiger partial charge in [-0.25, -0.2) is 4.39 Å². The largest absolute Gasteiger partial charge is 0.416 e. The van der Waals surface area contributed by atoms with E-state index in [4.69, 9.17) is 5.73 Å². The Bertz CT molecular complexity index is 521. The van der Waals surface area contributed by atoms with Crippen LogP contribution in [0.15, 0.2) is 18.2 Å². The Hall–Kier alpha value is -1.34. The van der Waals surface area contributed by atoms with Crippen molar-refractivity contribution in [1.82, 2.24) is 0 Å². The molecule has 0 aliphatic heterocycles. The van der Waals surface area contributed by atoms with Crippen molar-refractivity contribution in [3.8, 4) is 0 Å². The number of hydrogen-bond donors (Lipinski definition) is 2. The molecule has 0 bridgehead atoms. The molecule has 0 radical (unpaired) electrons. The van der Waals surface area contributed by atoms with E-state index in [-0.39, 0.29) is 18.4 Å². The molecule has 0 spiro atoms. The van der Waals surface area contributed by atoms with Crippen molar-refractivity contribution in [3.05, 3.63) is 29.6 Å². The van der Waals surface area contributed by atoms with Crippen LogP contribution >= 0.6 is 12.4 Å². The van der Waals surface area contributed by atoms with Gasteiger partial charge < -0.3 is 11.1 Å². The Balaban J connectivity index is 0.00000220. The maximum atomic E-state index is 13.5. The van der Waals surface area contributed by atoms with E-state index >= 15 is 0 Å². The summed E-state index contributed by atoms with van der Waals surface area (Å²) in [4.78, 5) is 11.9. The van der Waals surface area contributed by atoms with Crippen LogP contribution in [0.4, 0.5) is 23.2 Å². The lowest BCUT2D eigenvalue weighted by atomic mass is 10.0. The molecule has 0 aromatic heterocycles. The van der Waals surface area contributed by atoms with Gasteiger partial charge >= 0.3 is 6.18 Å². The first-order valence-corrected chi connectivity index (χ1v) is 6.22. The van der Waals surface area contributed by atoms with Crippen LogP contribution in [0.5, 0.6) is 0 Å². The van der Waals surface area contributed by atoms with Crippen LogP contribution in [0, 0.1) is 11.7 Å². The highest BCUT2D eigenvalue weighted by molar-refractivity contribution is 5.93. The second kappa shape index (κ2) is 6.62. The molecule has 1 fully saturated rings. The highest BCUT2D eigenvalue weighted by Crippen LogP contribution is 2.32. The maximum Gasteiger partial charge on any atom is 0.416 e. The molecule has 1 aliphatic carbocycles. The van der Waals surface area contributed by atoms with Crippen LogP contribution in [-0.2, 0) is 11.0 Å². The highest BCUT2D eigenvalue weighted by atomic mass is 35.5. The van der Waals surface area contributed by atoms with Crippen molar-refractivity contribution in [1.29, 1.82) is 0 Å². The van der Waals surface area contributed by atoms with Crippen molar-refractivity contribution in [3.63, 3.8) is 0 Å². The van der Waals surface area contributed by atoms with E-state index in [1.807, 2.05) is 0 Å². The third kappa shape index (κ3) is 4.07.